The summed E-state index contributed by atoms with van der Waals surface area (Å²) in [6, 6.07) is 17.5. The zero-order valence-corrected chi connectivity index (χ0v) is 10.6. The number of carbonyl (C=O) groups is 1. The lowest BCUT2D eigenvalue weighted by atomic mass is 10.0. The summed E-state index contributed by atoms with van der Waals surface area (Å²) < 4.78 is 0. The maximum atomic E-state index is 10.8. The van der Waals surface area contributed by atoms with E-state index in [4.69, 9.17) is 5.11 Å². The molecule has 1 unspecified atom stereocenters. The maximum Gasteiger partial charge on any atom is 0.321 e. The van der Waals surface area contributed by atoms with Gasteiger partial charge in [0, 0.05) is 0 Å². The van der Waals surface area contributed by atoms with Gasteiger partial charge in [-0.2, -0.15) is 0 Å². The van der Waals surface area contributed by atoms with E-state index in [1.807, 2.05) is 54.6 Å². The predicted molar refractivity (Wildman–Crippen MR) is 71.2 cm³/mol. The molecule has 1 N–H and O–H groups in total. The monoisotopic (exact) mass is 290 g/mol. The lowest BCUT2D eigenvalue weighted by molar-refractivity contribution is -0.136. The first-order chi connectivity index (χ1) is 8.18. The highest BCUT2D eigenvalue weighted by atomic mass is 79.9. The zero-order valence-electron chi connectivity index (χ0n) is 9.01. The lowest BCUT2D eigenvalue weighted by Crippen LogP contribution is -2.03. The van der Waals surface area contributed by atoms with Crippen LogP contribution in [0.4, 0.5) is 0 Å². The van der Waals surface area contributed by atoms with Crippen molar-refractivity contribution >= 4 is 21.9 Å². The van der Waals surface area contributed by atoms with Gasteiger partial charge in [-0.15, -0.1) is 0 Å². The number of carboxylic acid groups (broad SMARTS) is 1. The quantitative estimate of drug-likeness (QED) is 0.871. The van der Waals surface area contributed by atoms with Crippen LogP contribution in [0.15, 0.2) is 54.6 Å². The fraction of sp³-hybridized carbons (Fsp3) is 0.0714. The number of halogens is 1. The van der Waals surface area contributed by atoms with Crippen molar-refractivity contribution < 1.29 is 9.90 Å². The molecule has 2 rings (SSSR count). The van der Waals surface area contributed by atoms with Crippen molar-refractivity contribution in [2.45, 2.75) is 4.83 Å². The SMILES string of the molecule is O=C(O)C(Br)c1ccc(-c2ccccc2)cc1. The molecule has 0 aliphatic carbocycles. The van der Waals surface area contributed by atoms with Crippen molar-refractivity contribution in [1.82, 2.24) is 0 Å². The first kappa shape index (κ1) is 11.9. The minimum absolute atomic E-state index is 0.646. The highest BCUT2D eigenvalue weighted by Crippen LogP contribution is 2.26. The molecule has 86 valence electrons. The third-order valence-corrected chi connectivity index (χ3v) is 3.45. The summed E-state index contributed by atoms with van der Waals surface area (Å²) in [7, 11) is 0. The van der Waals surface area contributed by atoms with Crippen LogP contribution < -0.4 is 0 Å². The average molecular weight is 291 g/mol. The molecule has 0 amide bonds. The van der Waals surface area contributed by atoms with Crippen LogP contribution in [0.2, 0.25) is 0 Å². The number of aliphatic carboxylic acids is 1. The number of carboxylic acids is 1. The van der Waals surface area contributed by atoms with Gasteiger partial charge in [-0.1, -0.05) is 70.5 Å². The van der Waals surface area contributed by atoms with Crippen LogP contribution in [0.25, 0.3) is 11.1 Å². The number of rotatable bonds is 3. The summed E-state index contributed by atoms with van der Waals surface area (Å²) in [5, 5.41) is 8.87. The van der Waals surface area contributed by atoms with Crippen molar-refractivity contribution in [3.63, 3.8) is 0 Å². The molecule has 0 fully saturated rings. The fourth-order valence-electron chi connectivity index (χ4n) is 1.62. The van der Waals surface area contributed by atoms with E-state index in [2.05, 4.69) is 15.9 Å². The van der Waals surface area contributed by atoms with Crippen LogP contribution >= 0.6 is 15.9 Å². The van der Waals surface area contributed by atoms with Gasteiger partial charge in [0.25, 0.3) is 0 Å². The van der Waals surface area contributed by atoms with E-state index in [0.29, 0.717) is 0 Å². The topological polar surface area (TPSA) is 37.3 Å². The van der Waals surface area contributed by atoms with Crippen molar-refractivity contribution in [3.8, 4) is 11.1 Å². The predicted octanol–water partition coefficient (Wildman–Crippen LogP) is 3.87. The van der Waals surface area contributed by atoms with Crippen molar-refractivity contribution in [3.05, 3.63) is 60.2 Å². The molecule has 0 saturated carbocycles. The highest BCUT2D eigenvalue weighted by Gasteiger charge is 2.15. The molecule has 3 heteroatoms. The molecule has 1 atom stereocenters. The van der Waals surface area contributed by atoms with Crippen LogP contribution in [0, 0.1) is 0 Å². The second kappa shape index (κ2) is 5.15. The minimum atomic E-state index is -0.877. The van der Waals surface area contributed by atoms with Gasteiger partial charge in [-0.05, 0) is 16.7 Å². The second-order valence-electron chi connectivity index (χ2n) is 3.69. The fourth-order valence-corrected chi connectivity index (χ4v) is 1.92. The first-order valence-corrected chi connectivity index (χ1v) is 6.12. The van der Waals surface area contributed by atoms with Gasteiger partial charge < -0.3 is 5.11 Å². The Morgan fingerprint density at radius 2 is 1.47 bits per heavy atom. The molecule has 0 saturated heterocycles. The van der Waals surface area contributed by atoms with E-state index in [1.54, 1.807) is 0 Å². The second-order valence-corrected chi connectivity index (χ2v) is 4.60. The first-order valence-electron chi connectivity index (χ1n) is 5.21. The number of alkyl halides is 1. The largest absolute Gasteiger partial charge is 0.480 e. The van der Waals surface area contributed by atoms with Gasteiger partial charge in [-0.3, -0.25) is 4.79 Å². The van der Waals surface area contributed by atoms with E-state index in [0.717, 1.165) is 16.7 Å². The standard InChI is InChI=1S/C14H11BrO2/c15-13(14(16)17)12-8-6-11(7-9-12)10-4-2-1-3-5-10/h1-9,13H,(H,16,17). The van der Waals surface area contributed by atoms with Crippen molar-refractivity contribution in [2.75, 3.05) is 0 Å². The summed E-state index contributed by atoms with van der Waals surface area (Å²) in [6.07, 6.45) is 0. The molecule has 0 aromatic heterocycles. The van der Waals surface area contributed by atoms with E-state index in [1.165, 1.54) is 0 Å². The van der Waals surface area contributed by atoms with Gasteiger partial charge in [0.15, 0.2) is 0 Å². The molecular formula is C14H11BrO2. The molecule has 0 aliphatic rings. The van der Waals surface area contributed by atoms with E-state index in [-0.39, 0.29) is 0 Å². The molecule has 2 nitrogen and oxygen atoms in total. The maximum absolute atomic E-state index is 10.8. The molecule has 2 aromatic carbocycles. The van der Waals surface area contributed by atoms with Crippen LogP contribution in [0.1, 0.15) is 10.4 Å². The summed E-state index contributed by atoms with van der Waals surface area (Å²) in [6.45, 7) is 0. The number of hydrogen-bond donors (Lipinski definition) is 1. The molecular weight excluding hydrogens is 280 g/mol. The van der Waals surface area contributed by atoms with E-state index < -0.39 is 10.8 Å². The van der Waals surface area contributed by atoms with Gasteiger partial charge in [0.1, 0.15) is 4.83 Å². The Hall–Kier alpha value is -1.61. The highest BCUT2D eigenvalue weighted by molar-refractivity contribution is 9.09. The van der Waals surface area contributed by atoms with Crippen LogP contribution in [-0.2, 0) is 4.79 Å². The third kappa shape index (κ3) is 2.74. The summed E-state index contributed by atoms with van der Waals surface area (Å²) in [4.78, 5) is 10.2. The van der Waals surface area contributed by atoms with E-state index >= 15 is 0 Å². The summed E-state index contributed by atoms with van der Waals surface area (Å²) >= 11 is 3.13. The molecule has 2 aromatic rings. The Kier molecular flexibility index (Phi) is 3.59. The van der Waals surface area contributed by atoms with Crippen molar-refractivity contribution in [2.24, 2.45) is 0 Å². The zero-order chi connectivity index (χ0) is 12.3. The Bertz CT molecular complexity index is 506. The van der Waals surface area contributed by atoms with Gasteiger partial charge in [-0.25, -0.2) is 0 Å². The van der Waals surface area contributed by atoms with E-state index in [9.17, 15) is 4.79 Å². The van der Waals surface area contributed by atoms with Gasteiger partial charge in [0.05, 0.1) is 0 Å². The smallest absolute Gasteiger partial charge is 0.321 e. The molecule has 0 bridgehead atoms. The average Bonchev–Trinajstić information content (AvgIpc) is 2.39. The van der Waals surface area contributed by atoms with Crippen molar-refractivity contribution in [1.29, 1.82) is 0 Å². The summed E-state index contributed by atoms with van der Waals surface area (Å²) in [5.41, 5.74) is 2.96. The molecule has 0 aliphatic heterocycles. The van der Waals surface area contributed by atoms with Crippen LogP contribution in [0.5, 0.6) is 0 Å². The van der Waals surface area contributed by atoms with Crippen LogP contribution in [0.3, 0.4) is 0 Å². The molecule has 0 radical (unpaired) electrons. The molecule has 0 spiro atoms. The number of benzene rings is 2. The normalized spacial score (nSPS) is 12.1. The number of hydrogen-bond acceptors (Lipinski definition) is 1. The molecule has 0 heterocycles. The lowest BCUT2D eigenvalue weighted by Gasteiger charge is -2.06. The van der Waals surface area contributed by atoms with Gasteiger partial charge in [0.2, 0.25) is 0 Å². The third-order valence-electron chi connectivity index (χ3n) is 2.53. The van der Waals surface area contributed by atoms with Crippen LogP contribution in [-0.4, -0.2) is 11.1 Å². The Balaban J connectivity index is 2.28. The summed E-state index contributed by atoms with van der Waals surface area (Å²) in [5.74, 6) is -0.877. The minimum Gasteiger partial charge on any atom is -0.480 e. The Labute approximate surface area is 108 Å². The Morgan fingerprint density at radius 3 is 2.00 bits per heavy atom. The Morgan fingerprint density at radius 1 is 0.941 bits per heavy atom. The van der Waals surface area contributed by atoms with Gasteiger partial charge >= 0.3 is 5.97 Å². The molecule has 17 heavy (non-hydrogen) atoms.